The molecule has 0 bridgehead atoms. The number of piperidine rings is 1. The summed E-state index contributed by atoms with van der Waals surface area (Å²) in [4.78, 5) is 22.7. The second-order valence-electron chi connectivity index (χ2n) is 5.37. The molecule has 1 aliphatic heterocycles. The predicted molar refractivity (Wildman–Crippen MR) is 70.2 cm³/mol. The number of carboxylic acid groups (broad SMARTS) is 1. The van der Waals surface area contributed by atoms with Gasteiger partial charge in [0.15, 0.2) is 0 Å². The first-order valence-electron chi connectivity index (χ1n) is 6.36. The summed E-state index contributed by atoms with van der Waals surface area (Å²) < 4.78 is 26.9. The Hall–Kier alpha value is -2.25. The first-order valence-corrected chi connectivity index (χ1v) is 6.36. The first-order chi connectivity index (χ1) is 9.74. The third-order valence-electron chi connectivity index (χ3n) is 3.91. The maximum absolute atomic E-state index is 13.6. The van der Waals surface area contributed by atoms with Gasteiger partial charge in [0.25, 0.3) is 0 Å². The Balaban J connectivity index is 2.32. The molecule has 0 spiro atoms. The molecule has 0 amide bonds. The van der Waals surface area contributed by atoms with Crippen LogP contribution < -0.4 is 4.90 Å². The average Bonchev–Trinajstić information content (AvgIpc) is 2.37. The number of carboxylic acids is 1. The van der Waals surface area contributed by atoms with Gasteiger partial charge < -0.3 is 10.0 Å². The molecule has 1 saturated heterocycles. The second-order valence-corrected chi connectivity index (χ2v) is 5.37. The van der Waals surface area contributed by atoms with Gasteiger partial charge in [-0.1, -0.05) is 0 Å². The molecule has 2 rings (SSSR count). The Labute approximate surface area is 119 Å². The molecule has 1 heterocycles. The van der Waals surface area contributed by atoms with Crippen molar-refractivity contribution >= 4 is 17.3 Å². The Morgan fingerprint density at radius 2 is 1.95 bits per heavy atom. The third-order valence-corrected chi connectivity index (χ3v) is 3.91. The average molecular weight is 300 g/mol. The van der Waals surface area contributed by atoms with E-state index in [-0.39, 0.29) is 31.6 Å². The lowest BCUT2D eigenvalue weighted by Gasteiger charge is -2.37. The number of halogens is 2. The molecule has 8 heteroatoms. The molecule has 1 aromatic rings. The molecule has 1 fully saturated rings. The molecule has 114 valence electrons. The molecule has 0 radical (unpaired) electrons. The third kappa shape index (κ3) is 2.79. The second kappa shape index (κ2) is 5.27. The highest BCUT2D eigenvalue weighted by atomic mass is 19.1. The summed E-state index contributed by atoms with van der Waals surface area (Å²) in [6, 6.07) is 1.37. The Kier molecular flexibility index (Phi) is 3.80. The largest absolute Gasteiger partial charge is 0.481 e. The van der Waals surface area contributed by atoms with Crippen molar-refractivity contribution in [3.63, 3.8) is 0 Å². The molecule has 0 saturated carbocycles. The maximum atomic E-state index is 13.6. The number of hydrogen-bond acceptors (Lipinski definition) is 4. The van der Waals surface area contributed by atoms with Gasteiger partial charge in [0.1, 0.15) is 11.5 Å². The molecule has 0 unspecified atom stereocenters. The molecule has 1 aromatic carbocycles. The minimum atomic E-state index is -1.23. The summed E-state index contributed by atoms with van der Waals surface area (Å²) >= 11 is 0. The minimum absolute atomic E-state index is 0.148. The molecular formula is C13H14F2N2O4. The summed E-state index contributed by atoms with van der Waals surface area (Å²) in [5, 5.41) is 20.1. The Morgan fingerprint density at radius 1 is 1.38 bits per heavy atom. The SMILES string of the molecule is CC1(C(=O)O)CCN(c2cc(F)cc(F)c2[N+](=O)[O-])CC1. The van der Waals surface area contributed by atoms with E-state index in [1.165, 1.54) is 4.90 Å². The van der Waals surface area contributed by atoms with E-state index in [0.717, 1.165) is 6.07 Å². The van der Waals surface area contributed by atoms with Crippen LogP contribution in [0.3, 0.4) is 0 Å². The highest BCUT2D eigenvalue weighted by molar-refractivity contribution is 5.75. The van der Waals surface area contributed by atoms with Crippen molar-refractivity contribution in [3.8, 4) is 0 Å². The van der Waals surface area contributed by atoms with E-state index in [9.17, 15) is 23.7 Å². The van der Waals surface area contributed by atoms with Crippen molar-refractivity contribution in [2.24, 2.45) is 5.41 Å². The van der Waals surface area contributed by atoms with E-state index in [2.05, 4.69) is 0 Å². The van der Waals surface area contributed by atoms with Gasteiger partial charge in [-0.3, -0.25) is 14.9 Å². The first kappa shape index (κ1) is 15.1. The fourth-order valence-corrected chi connectivity index (χ4v) is 2.43. The van der Waals surface area contributed by atoms with E-state index in [1.807, 2.05) is 0 Å². The zero-order valence-electron chi connectivity index (χ0n) is 11.3. The van der Waals surface area contributed by atoms with Crippen LogP contribution in [0.2, 0.25) is 0 Å². The highest BCUT2D eigenvalue weighted by Gasteiger charge is 2.38. The number of rotatable bonds is 3. The molecular weight excluding hydrogens is 286 g/mol. The van der Waals surface area contributed by atoms with Gasteiger partial charge in [-0.05, 0) is 19.8 Å². The van der Waals surface area contributed by atoms with Gasteiger partial charge in [-0.2, -0.15) is 4.39 Å². The minimum Gasteiger partial charge on any atom is -0.481 e. The summed E-state index contributed by atoms with van der Waals surface area (Å²) in [5.74, 6) is -3.08. The van der Waals surface area contributed by atoms with E-state index in [4.69, 9.17) is 5.11 Å². The quantitative estimate of drug-likeness (QED) is 0.685. The van der Waals surface area contributed by atoms with E-state index >= 15 is 0 Å². The zero-order valence-corrected chi connectivity index (χ0v) is 11.3. The van der Waals surface area contributed by atoms with Crippen LogP contribution in [0.25, 0.3) is 0 Å². The van der Waals surface area contributed by atoms with E-state index in [1.54, 1.807) is 6.92 Å². The lowest BCUT2D eigenvalue weighted by Crippen LogP contribution is -2.43. The van der Waals surface area contributed by atoms with Gasteiger partial charge in [0.2, 0.25) is 5.82 Å². The Bertz CT molecular complexity index is 598. The van der Waals surface area contributed by atoms with Crippen LogP contribution in [-0.4, -0.2) is 29.1 Å². The van der Waals surface area contributed by atoms with Gasteiger partial charge in [0.05, 0.1) is 10.3 Å². The van der Waals surface area contributed by atoms with Crippen LogP contribution in [-0.2, 0) is 4.79 Å². The number of aliphatic carboxylic acids is 1. The zero-order chi connectivity index (χ0) is 15.8. The topological polar surface area (TPSA) is 83.7 Å². The normalized spacial score (nSPS) is 17.6. The smallest absolute Gasteiger partial charge is 0.328 e. The molecule has 6 nitrogen and oxygen atoms in total. The predicted octanol–water partition coefficient (Wildman–Crippen LogP) is 2.56. The van der Waals surface area contributed by atoms with Crippen LogP contribution in [0.1, 0.15) is 19.8 Å². The maximum Gasteiger partial charge on any atom is 0.328 e. The number of anilines is 1. The summed E-state index contributed by atoms with van der Waals surface area (Å²) in [6.45, 7) is 1.96. The van der Waals surface area contributed by atoms with Gasteiger partial charge >= 0.3 is 11.7 Å². The number of benzene rings is 1. The molecule has 0 atom stereocenters. The van der Waals surface area contributed by atoms with Crippen molar-refractivity contribution in [2.45, 2.75) is 19.8 Å². The van der Waals surface area contributed by atoms with Crippen LogP contribution in [0.5, 0.6) is 0 Å². The van der Waals surface area contributed by atoms with E-state index < -0.39 is 33.6 Å². The standard InChI is InChI=1S/C13H14F2N2O4/c1-13(12(18)19)2-4-16(5-3-13)10-7-8(14)6-9(15)11(10)17(20)21/h6-7H,2-5H2,1H3,(H,18,19). The number of nitro groups is 1. The highest BCUT2D eigenvalue weighted by Crippen LogP contribution is 2.38. The van der Waals surface area contributed by atoms with Crippen LogP contribution in [0.4, 0.5) is 20.2 Å². The van der Waals surface area contributed by atoms with Crippen molar-refractivity contribution in [1.82, 2.24) is 0 Å². The van der Waals surface area contributed by atoms with Crippen molar-refractivity contribution < 1.29 is 23.6 Å². The van der Waals surface area contributed by atoms with Gasteiger partial charge in [0, 0.05) is 25.2 Å². The molecule has 0 aromatic heterocycles. The lowest BCUT2D eigenvalue weighted by atomic mass is 9.80. The van der Waals surface area contributed by atoms with E-state index in [0.29, 0.717) is 6.07 Å². The fourth-order valence-electron chi connectivity index (χ4n) is 2.43. The summed E-state index contributed by atoms with van der Waals surface area (Å²) in [5.41, 5.74) is -1.85. The van der Waals surface area contributed by atoms with Crippen LogP contribution in [0.15, 0.2) is 12.1 Å². The molecule has 1 aliphatic rings. The number of hydrogen-bond donors (Lipinski definition) is 1. The fraction of sp³-hybridized carbons (Fsp3) is 0.462. The van der Waals surface area contributed by atoms with Crippen LogP contribution in [0, 0.1) is 27.2 Å². The summed E-state index contributed by atoms with van der Waals surface area (Å²) in [6.07, 6.45) is 0.495. The van der Waals surface area contributed by atoms with Crippen molar-refractivity contribution in [3.05, 3.63) is 33.9 Å². The number of nitrogens with zero attached hydrogens (tertiary/aromatic N) is 2. The van der Waals surface area contributed by atoms with Crippen molar-refractivity contribution in [2.75, 3.05) is 18.0 Å². The van der Waals surface area contributed by atoms with Crippen LogP contribution >= 0.6 is 0 Å². The lowest BCUT2D eigenvalue weighted by molar-refractivity contribution is -0.386. The van der Waals surface area contributed by atoms with Crippen molar-refractivity contribution in [1.29, 1.82) is 0 Å². The molecule has 21 heavy (non-hydrogen) atoms. The monoisotopic (exact) mass is 300 g/mol. The van der Waals surface area contributed by atoms with Gasteiger partial charge in [-0.25, -0.2) is 4.39 Å². The number of nitro benzene ring substituents is 1. The summed E-state index contributed by atoms with van der Waals surface area (Å²) in [7, 11) is 0. The number of carbonyl (C=O) groups is 1. The molecule has 0 aliphatic carbocycles. The molecule has 1 N–H and O–H groups in total. The Morgan fingerprint density at radius 3 is 2.43 bits per heavy atom. The van der Waals surface area contributed by atoms with Gasteiger partial charge in [-0.15, -0.1) is 0 Å².